The highest BCUT2D eigenvalue weighted by Crippen LogP contribution is 2.24. The molecule has 0 spiro atoms. The van der Waals surface area contributed by atoms with Gasteiger partial charge in [-0.15, -0.1) is 0 Å². The summed E-state index contributed by atoms with van der Waals surface area (Å²) < 4.78 is 11.0. The first-order valence-electron chi connectivity index (χ1n) is 6.46. The molecule has 0 aromatic carbocycles. The lowest BCUT2D eigenvalue weighted by atomic mass is 10.1. The molecule has 0 radical (unpaired) electrons. The number of rotatable bonds is 3. The van der Waals surface area contributed by atoms with E-state index in [1.54, 1.807) is 0 Å². The Labute approximate surface area is 104 Å². The minimum atomic E-state index is -0.431. The van der Waals surface area contributed by atoms with Crippen LogP contribution in [0.5, 0.6) is 0 Å². The maximum atomic E-state index is 12.0. The molecule has 0 aliphatic carbocycles. The Morgan fingerprint density at radius 1 is 1.47 bits per heavy atom. The lowest BCUT2D eigenvalue weighted by molar-refractivity contribution is -0.0104. The van der Waals surface area contributed by atoms with E-state index in [4.69, 9.17) is 9.47 Å². The van der Waals surface area contributed by atoms with Gasteiger partial charge in [-0.05, 0) is 47.5 Å². The van der Waals surface area contributed by atoms with Crippen LogP contribution in [0.2, 0.25) is 0 Å². The molecule has 1 saturated heterocycles. The molecule has 0 aromatic heterocycles. The zero-order chi connectivity index (χ0) is 13.1. The molecule has 100 valence electrons. The molecule has 0 aromatic rings. The molecule has 1 fully saturated rings. The topological polar surface area (TPSA) is 38.8 Å². The van der Waals surface area contributed by atoms with Crippen molar-refractivity contribution in [3.63, 3.8) is 0 Å². The van der Waals surface area contributed by atoms with Crippen molar-refractivity contribution in [2.45, 2.75) is 65.2 Å². The second kappa shape index (κ2) is 5.71. The lowest BCUT2D eigenvalue weighted by Gasteiger charge is -2.31. The van der Waals surface area contributed by atoms with Gasteiger partial charge >= 0.3 is 6.09 Å². The number of hydrogen-bond acceptors (Lipinski definition) is 3. The number of likely N-dealkylation sites (tertiary alicyclic amines) is 1. The van der Waals surface area contributed by atoms with Crippen LogP contribution < -0.4 is 0 Å². The van der Waals surface area contributed by atoms with E-state index < -0.39 is 5.60 Å². The zero-order valence-electron chi connectivity index (χ0n) is 11.7. The predicted octanol–water partition coefficient (Wildman–Crippen LogP) is 2.81. The molecular formula is C13H25NO3. The van der Waals surface area contributed by atoms with Crippen LogP contribution in [0, 0.1) is 0 Å². The van der Waals surface area contributed by atoms with Crippen LogP contribution in [-0.2, 0) is 9.47 Å². The van der Waals surface area contributed by atoms with Crippen LogP contribution in [0.4, 0.5) is 4.79 Å². The third-order valence-electron chi connectivity index (χ3n) is 2.90. The Morgan fingerprint density at radius 2 is 2.12 bits per heavy atom. The van der Waals surface area contributed by atoms with E-state index in [2.05, 4.69) is 0 Å². The van der Waals surface area contributed by atoms with Crippen LogP contribution in [0.25, 0.3) is 0 Å². The Morgan fingerprint density at radius 3 is 2.65 bits per heavy atom. The molecule has 2 atom stereocenters. The number of amides is 1. The first-order valence-corrected chi connectivity index (χ1v) is 6.46. The summed E-state index contributed by atoms with van der Waals surface area (Å²) in [5, 5.41) is 0. The molecule has 1 aliphatic heterocycles. The monoisotopic (exact) mass is 243 g/mol. The summed E-state index contributed by atoms with van der Waals surface area (Å²) in [5.41, 5.74) is -0.431. The van der Waals surface area contributed by atoms with Crippen LogP contribution >= 0.6 is 0 Å². The van der Waals surface area contributed by atoms with E-state index in [-0.39, 0.29) is 18.2 Å². The highest BCUT2D eigenvalue weighted by Gasteiger charge is 2.35. The molecule has 4 heteroatoms. The normalized spacial score (nSPS) is 22.6. The van der Waals surface area contributed by atoms with Gasteiger partial charge in [0.25, 0.3) is 0 Å². The van der Waals surface area contributed by atoms with Crippen molar-refractivity contribution in [1.29, 1.82) is 0 Å². The predicted molar refractivity (Wildman–Crippen MR) is 67.1 cm³/mol. The zero-order valence-corrected chi connectivity index (χ0v) is 11.7. The van der Waals surface area contributed by atoms with Gasteiger partial charge in [0.05, 0.1) is 12.1 Å². The molecule has 1 aliphatic rings. The smallest absolute Gasteiger partial charge is 0.410 e. The number of carbonyl (C=O) groups excluding carboxylic acids is 1. The van der Waals surface area contributed by atoms with Crippen molar-refractivity contribution < 1.29 is 14.3 Å². The highest BCUT2D eigenvalue weighted by atomic mass is 16.6. The van der Waals surface area contributed by atoms with Crippen molar-refractivity contribution in [3.05, 3.63) is 0 Å². The fourth-order valence-electron chi connectivity index (χ4n) is 2.20. The molecule has 4 nitrogen and oxygen atoms in total. The van der Waals surface area contributed by atoms with E-state index in [9.17, 15) is 4.79 Å². The van der Waals surface area contributed by atoms with Crippen LogP contribution in [0.15, 0.2) is 0 Å². The van der Waals surface area contributed by atoms with Crippen molar-refractivity contribution in [2.24, 2.45) is 0 Å². The Hall–Kier alpha value is -0.770. The fraction of sp³-hybridized carbons (Fsp3) is 0.923. The van der Waals surface area contributed by atoms with E-state index in [1.807, 2.05) is 39.5 Å². The van der Waals surface area contributed by atoms with Gasteiger partial charge in [0.1, 0.15) is 5.60 Å². The van der Waals surface area contributed by atoms with Gasteiger partial charge in [-0.1, -0.05) is 0 Å². The molecule has 1 heterocycles. The Kier molecular flexibility index (Phi) is 4.80. The van der Waals surface area contributed by atoms with E-state index >= 15 is 0 Å². The summed E-state index contributed by atoms with van der Waals surface area (Å²) in [6, 6.07) is 0.157. The summed E-state index contributed by atoms with van der Waals surface area (Å²) >= 11 is 0. The summed E-state index contributed by atoms with van der Waals surface area (Å²) in [6.45, 7) is 11.1. The van der Waals surface area contributed by atoms with Crippen molar-refractivity contribution >= 4 is 6.09 Å². The SMILES string of the molecule is CCO[C@@H](C)[C@@H]1CCCN1C(=O)OC(C)(C)C. The van der Waals surface area contributed by atoms with Crippen LogP contribution in [-0.4, -0.2) is 41.9 Å². The minimum Gasteiger partial charge on any atom is -0.444 e. The van der Waals surface area contributed by atoms with Gasteiger partial charge < -0.3 is 14.4 Å². The molecule has 0 bridgehead atoms. The second-order valence-corrected chi connectivity index (χ2v) is 5.54. The average molecular weight is 243 g/mol. The Bertz CT molecular complexity index is 260. The fourth-order valence-corrected chi connectivity index (χ4v) is 2.20. The summed E-state index contributed by atoms with van der Waals surface area (Å²) in [7, 11) is 0. The summed E-state index contributed by atoms with van der Waals surface area (Å²) in [6.07, 6.45) is 1.89. The average Bonchev–Trinajstić information content (AvgIpc) is 2.63. The van der Waals surface area contributed by atoms with Gasteiger partial charge in [0.2, 0.25) is 0 Å². The van der Waals surface area contributed by atoms with Crippen molar-refractivity contribution in [1.82, 2.24) is 4.90 Å². The second-order valence-electron chi connectivity index (χ2n) is 5.54. The van der Waals surface area contributed by atoms with E-state index in [1.165, 1.54) is 0 Å². The summed E-state index contributed by atoms with van der Waals surface area (Å²) in [5.74, 6) is 0. The van der Waals surface area contributed by atoms with Gasteiger partial charge in [-0.3, -0.25) is 0 Å². The maximum Gasteiger partial charge on any atom is 0.410 e. The molecule has 0 unspecified atom stereocenters. The molecule has 0 saturated carbocycles. The molecule has 17 heavy (non-hydrogen) atoms. The van der Waals surface area contributed by atoms with E-state index in [0.717, 1.165) is 19.4 Å². The number of ether oxygens (including phenoxy) is 2. The maximum absolute atomic E-state index is 12.0. The van der Waals surface area contributed by atoms with Gasteiger partial charge in [0.15, 0.2) is 0 Å². The highest BCUT2D eigenvalue weighted by molar-refractivity contribution is 5.69. The van der Waals surface area contributed by atoms with Gasteiger partial charge in [-0.2, -0.15) is 0 Å². The van der Waals surface area contributed by atoms with Crippen molar-refractivity contribution in [2.75, 3.05) is 13.2 Å². The molecule has 0 N–H and O–H groups in total. The lowest BCUT2D eigenvalue weighted by Crippen LogP contribution is -2.45. The quantitative estimate of drug-likeness (QED) is 0.765. The van der Waals surface area contributed by atoms with Gasteiger partial charge in [0, 0.05) is 13.2 Å². The Balaban J connectivity index is 2.59. The van der Waals surface area contributed by atoms with Crippen LogP contribution in [0.3, 0.4) is 0 Å². The first kappa shape index (κ1) is 14.3. The van der Waals surface area contributed by atoms with Gasteiger partial charge in [-0.25, -0.2) is 4.79 Å². The third-order valence-corrected chi connectivity index (χ3v) is 2.90. The number of nitrogens with zero attached hydrogens (tertiary/aromatic N) is 1. The molecule has 1 amide bonds. The molecule has 1 rings (SSSR count). The largest absolute Gasteiger partial charge is 0.444 e. The van der Waals surface area contributed by atoms with E-state index in [0.29, 0.717) is 6.61 Å². The minimum absolute atomic E-state index is 0.0787. The first-order chi connectivity index (χ1) is 7.85. The van der Waals surface area contributed by atoms with Crippen LogP contribution in [0.1, 0.15) is 47.5 Å². The number of hydrogen-bond donors (Lipinski definition) is 0. The molecular weight excluding hydrogens is 218 g/mol. The standard InChI is InChI=1S/C13H25NO3/c1-6-16-10(2)11-8-7-9-14(11)12(15)17-13(3,4)5/h10-11H,6-9H2,1-5H3/t10-,11-/m0/s1. The van der Waals surface area contributed by atoms with Crippen molar-refractivity contribution in [3.8, 4) is 0 Å². The number of carbonyl (C=O) groups is 1. The third kappa shape index (κ3) is 4.19. The summed E-state index contributed by atoms with van der Waals surface area (Å²) in [4.78, 5) is 13.8.